The molecule has 2 N–H and O–H groups in total. The van der Waals surface area contributed by atoms with Crippen LogP contribution in [-0.2, 0) is 11.3 Å². The van der Waals surface area contributed by atoms with Gasteiger partial charge in [0.1, 0.15) is 5.75 Å². The molecule has 31 heavy (non-hydrogen) atoms. The van der Waals surface area contributed by atoms with Gasteiger partial charge in [-0.25, -0.2) is 0 Å². The van der Waals surface area contributed by atoms with Crippen LogP contribution >= 0.6 is 0 Å². The highest BCUT2D eigenvalue weighted by molar-refractivity contribution is 5.81. The van der Waals surface area contributed by atoms with Gasteiger partial charge in [-0.1, -0.05) is 38.1 Å². The predicted molar refractivity (Wildman–Crippen MR) is 123 cm³/mol. The molecule has 7 heteroatoms. The number of likely N-dealkylation sites (tertiary alicyclic amines) is 1. The third-order valence-electron chi connectivity index (χ3n) is 5.24. The van der Waals surface area contributed by atoms with E-state index in [1.54, 1.807) is 14.2 Å². The Morgan fingerprint density at radius 3 is 2.52 bits per heavy atom. The van der Waals surface area contributed by atoms with Gasteiger partial charge in [0.05, 0.1) is 7.11 Å². The smallest absolute Gasteiger partial charge is 0.225 e. The van der Waals surface area contributed by atoms with E-state index in [1.807, 2.05) is 67.3 Å². The largest absolute Gasteiger partial charge is 0.493 e. The number of nitrogens with one attached hydrogen (secondary N) is 2. The molecule has 1 unspecified atom stereocenters. The first-order chi connectivity index (χ1) is 15.0. The van der Waals surface area contributed by atoms with Gasteiger partial charge in [0, 0.05) is 38.6 Å². The number of para-hydroxylation sites is 2. The maximum absolute atomic E-state index is 12.2. The van der Waals surface area contributed by atoms with Crippen LogP contribution in [0, 0.1) is 5.92 Å². The summed E-state index contributed by atoms with van der Waals surface area (Å²) in [5, 5.41) is 6.76. The summed E-state index contributed by atoms with van der Waals surface area (Å²) in [6, 6.07) is 15.7. The van der Waals surface area contributed by atoms with Crippen molar-refractivity contribution in [1.82, 2.24) is 15.5 Å². The van der Waals surface area contributed by atoms with Gasteiger partial charge in [-0.05, 0) is 36.2 Å². The van der Waals surface area contributed by atoms with Crippen molar-refractivity contribution in [3.63, 3.8) is 0 Å². The molecule has 0 bridgehead atoms. The minimum Gasteiger partial charge on any atom is -0.493 e. The van der Waals surface area contributed by atoms with Crippen LogP contribution in [0.4, 0.5) is 0 Å². The minimum atomic E-state index is 0.0334. The molecule has 0 aromatic heterocycles. The molecule has 0 saturated carbocycles. The van der Waals surface area contributed by atoms with E-state index in [-0.39, 0.29) is 17.9 Å². The molecule has 166 valence electrons. The number of ether oxygens (including phenoxy) is 2. The maximum Gasteiger partial charge on any atom is 0.225 e. The minimum absolute atomic E-state index is 0.0334. The Morgan fingerprint density at radius 2 is 1.87 bits per heavy atom. The topological polar surface area (TPSA) is 75.2 Å². The van der Waals surface area contributed by atoms with Gasteiger partial charge < -0.3 is 25.0 Å². The Hall–Kier alpha value is -3.22. The molecule has 2 aromatic carbocycles. The second-order valence-electron chi connectivity index (χ2n) is 7.89. The van der Waals surface area contributed by atoms with E-state index in [2.05, 4.69) is 15.6 Å². The van der Waals surface area contributed by atoms with Gasteiger partial charge >= 0.3 is 0 Å². The van der Waals surface area contributed by atoms with Crippen molar-refractivity contribution in [2.45, 2.75) is 32.9 Å². The molecule has 7 nitrogen and oxygen atoms in total. The van der Waals surface area contributed by atoms with Crippen LogP contribution in [-0.4, -0.2) is 50.1 Å². The lowest BCUT2D eigenvalue weighted by molar-refractivity contribution is -0.133. The number of hydrogen-bond acceptors (Lipinski definition) is 4. The van der Waals surface area contributed by atoms with Gasteiger partial charge in [0.2, 0.25) is 5.91 Å². The Labute approximate surface area is 184 Å². The molecule has 0 spiro atoms. The summed E-state index contributed by atoms with van der Waals surface area (Å²) in [5.41, 5.74) is 1.11. The first-order valence-corrected chi connectivity index (χ1v) is 10.7. The van der Waals surface area contributed by atoms with Crippen molar-refractivity contribution in [1.29, 1.82) is 0 Å². The maximum atomic E-state index is 12.2. The summed E-state index contributed by atoms with van der Waals surface area (Å²) in [6.07, 6.45) is 0.925. The van der Waals surface area contributed by atoms with Gasteiger partial charge in [-0.3, -0.25) is 9.79 Å². The number of aliphatic imine (C=N–C) groups is 1. The van der Waals surface area contributed by atoms with Crippen LogP contribution in [0.5, 0.6) is 17.2 Å². The van der Waals surface area contributed by atoms with E-state index in [0.29, 0.717) is 24.6 Å². The van der Waals surface area contributed by atoms with E-state index < -0.39 is 0 Å². The number of nitrogens with zero attached hydrogens (tertiary/aromatic N) is 2. The SMILES string of the molecule is CN=C(NCc1ccc(Oc2ccccc2OC)cc1)NC1CCN(C(=O)C(C)C)C1. The second kappa shape index (κ2) is 10.7. The van der Waals surface area contributed by atoms with E-state index in [4.69, 9.17) is 9.47 Å². The Morgan fingerprint density at radius 1 is 1.16 bits per heavy atom. The normalized spacial score (nSPS) is 16.4. The van der Waals surface area contributed by atoms with Gasteiger partial charge in [-0.2, -0.15) is 0 Å². The zero-order chi connectivity index (χ0) is 22.2. The van der Waals surface area contributed by atoms with Crippen LogP contribution < -0.4 is 20.1 Å². The second-order valence-corrected chi connectivity index (χ2v) is 7.89. The average molecular weight is 425 g/mol. The highest BCUT2D eigenvalue weighted by Gasteiger charge is 2.27. The van der Waals surface area contributed by atoms with Crippen molar-refractivity contribution in [2.24, 2.45) is 10.9 Å². The lowest BCUT2D eigenvalue weighted by Crippen LogP contribution is -2.45. The van der Waals surface area contributed by atoms with Crippen molar-refractivity contribution in [3.05, 3.63) is 54.1 Å². The molecule has 1 fully saturated rings. The first kappa shape index (κ1) is 22.5. The Kier molecular flexibility index (Phi) is 7.76. The fraction of sp³-hybridized carbons (Fsp3) is 0.417. The van der Waals surface area contributed by atoms with Crippen molar-refractivity contribution in [2.75, 3.05) is 27.2 Å². The molecule has 0 radical (unpaired) electrons. The Balaban J connectivity index is 1.49. The molecule has 1 heterocycles. The number of guanidine groups is 1. The van der Waals surface area contributed by atoms with Crippen LogP contribution in [0.2, 0.25) is 0 Å². The van der Waals surface area contributed by atoms with Crippen molar-refractivity contribution >= 4 is 11.9 Å². The monoisotopic (exact) mass is 424 g/mol. The zero-order valence-electron chi connectivity index (χ0n) is 18.7. The van der Waals surface area contributed by atoms with E-state index in [9.17, 15) is 4.79 Å². The van der Waals surface area contributed by atoms with Gasteiger partial charge in [0.25, 0.3) is 0 Å². The molecule has 1 saturated heterocycles. The highest BCUT2D eigenvalue weighted by atomic mass is 16.5. The van der Waals surface area contributed by atoms with Crippen molar-refractivity contribution < 1.29 is 14.3 Å². The molecule has 1 aliphatic heterocycles. The summed E-state index contributed by atoms with van der Waals surface area (Å²) in [4.78, 5) is 18.4. The number of methoxy groups -OCH3 is 1. The standard InChI is InChI=1S/C24H32N4O3/c1-17(2)23(29)28-14-13-19(16-28)27-24(25-3)26-15-18-9-11-20(12-10-18)31-22-8-6-5-7-21(22)30-4/h5-12,17,19H,13-16H2,1-4H3,(H2,25,26,27). The zero-order valence-corrected chi connectivity index (χ0v) is 18.7. The molecular weight excluding hydrogens is 392 g/mol. The third-order valence-corrected chi connectivity index (χ3v) is 5.24. The number of amides is 1. The molecule has 0 aliphatic carbocycles. The third kappa shape index (κ3) is 6.13. The fourth-order valence-corrected chi connectivity index (χ4v) is 3.52. The van der Waals surface area contributed by atoms with E-state index in [1.165, 1.54) is 0 Å². The Bertz CT molecular complexity index is 896. The van der Waals surface area contributed by atoms with Gasteiger partial charge in [-0.15, -0.1) is 0 Å². The lowest BCUT2D eigenvalue weighted by atomic mass is 10.2. The molecule has 1 amide bonds. The molecule has 1 atom stereocenters. The lowest BCUT2D eigenvalue weighted by Gasteiger charge is -2.20. The number of benzene rings is 2. The predicted octanol–water partition coefficient (Wildman–Crippen LogP) is 3.41. The summed E-state index contributed by atoms with van der Waals surface area (Å²) in [7, 11) is 3.38. The van der Waals surface area contributed by atoms with Crippen molar-refractivity contribution in [3.8, 4) is 17.2 Å². The molecule has 3 rings (SSSR count). The van der Waals surface area contributed by atoms with E-state index >= 15 is 0 Å². The summed E-state index contributed by atoms with van der Waals surface area (Å²) >= 11 is 0. The highest BCUT2D eigenvalue weighted by Crippen LogP contribution is 2.30. The van der Waals surface area contributed by atoms with Crippen LogP contribution in [0.15, 0.2) is 53.5 Å². The quantitative estimate of drug-likeness (QED) is 0.526. The first-order valence-electron chi connectivity index (χ1n) is 10.7. The van der Waals surface area contributed by atoms with Crippen LogP contribution in [0.25, 0.3) is 0 Å². The van der Waals surface area contributed by atoms with Crippen LogP contribution in [0.1, 0.15) is 25.8 Å². The fourth-order valence-electron chi connectivity index (χ4n) is 3.52. The number of carbonyl (C=O) groups is 1. The van der Waals surface area contributed by atoms with E-state index in [0.717, 1.165) is 30.2 Å². The summed E-state index contributed by atoms with van der Waals surface area (Å²) in [5.74, 6) is 3.11. The van der Waals surface area contributed by atoms with Gasteiger partial charge in [0.15, 0.2) is 17.5 Å². The van der Waals surface area contributed by atoms with Crippen LogP contribution in [0.3, 0.4) is 0 Å². The molecular formula is C24H32N4O3. The number of rotatable bonds is 7. The summed E-state index contributed by atoms with van der Waals surface area (Å²) < 4.78 is 11.3. The number of hydrogen-bond donors (Lipinski definition) is 2. The molecule has 1 aliphatic rings. The number of carbonyl (C=O) groups excluding carboxylic acids is 1. The average Bonchev–Trinajstić information content (AvgIpc) is 3.25. The summed E-state index contributed by atoms with van der Waals surface area (Å²) in [6.45, 7) is 6.02. The molecule has 2 aromatic rings.